The Labute approximate surface area is 527 Å². The molecular weight excluding hydrogens is 1230 g/mol. The van der Waals surface area contributed by atoms with Gasteiger partial charge in [-0.2, -0.15) is 0 Å². The van der Waals surface area contributed by atoms with E-state index in [2.05, 4.69) is 66.4 Å². The number of ether oxygens (including phenoxy) is 1. The van der Waals surface area contributed by atoms with Gasteiger partial charge in [0.15, 0.2) is 23.7 Å². The molecule has 4 heterocycles. The van der Waals surface area contributed by atoms with Crippen molar-refractivity contribution in [3.8, 4) is 34.9 Å². The molecule has 3 unspecified atom stereocenters. The van der Waals surface area contributed by atoms with Gasteiger partial charge in [-0.15, -0.1) is 12.4 Å². The van der Waals surface area contributed by atoms with Crippen molar-refractivity contribution in [2.24, 2.45) is 26.4 Å². The number of carbonyl (C=O) groups excluding carboxylic acids is 1. The summed E-state index contributed by atoms with van der Waals surface area (Å²) in [6.07, 6.45) is -1.25. The monoisotopic (exact) mass is 1310 g/mol. The third-order valence-corrected chi connectivity index (χ3v) is 9.74. The van der Waals surface area contributed by atoms with Crippen LogP contribution >= 0.6 is 49.5 Å². The zero-order valence-electron chi connectivity index (χ0n) is 47.2. The summed E-state index contributed by atoms with van der Waals surface area (Å²) >= 11 is 12.1. The standard InChI is InChI=1S/C11H13N3O4.C10H18N2O3.C7H7NO3.C7H6O4.C5H10N2O.C4H8N2OS.C3H10N2O.C2HBO2.CHS2.CH4.ClH.H2/c15-8-2-6(10(17)18)1-7(3-8)14-11-12-4-9(16)5-13-11;1-7-11-5-8(13)6-12(7)9(14)15-10(2,3)4;2*8-5-1-4(7(10)11)2-6(9)3-5;1-4-6-2-5(8)3-7-4;7-3-1-5-4(8)6-2-3;4-1-3(6)2-5;4-2-1-3-5;2-1-3;;;/h1-3,9,15-16H,4-5H2,(H,17,18)(H2,12,13,14);8,13H,5-6H2,1-4H3;1-3,9H,8H2,(H,10,11);1-3,8-9H,(H,10,11);5,8H,2-3H2,1H3,(H,6,7);3,7H,1-2H2,(H2,5,6,8);3,6H,1-2,4-5H2;4H;(H,2,3);1H4;2*1H/q;;;;;;;;+1;;;/i;;;;;;;;;;;1+1. The Hall–Kier alpha value is -7.98. The van der Waals surface area contributed by atoms with Crippen molar-refractivity contribution in [3.05, 3.63) is 71.3 Å². The van der Waals surface area contributed by atoms with Crippen molar-refractivity contribution in [2.75, 3.05) is 76.5 Å². The van der Waals surface area contributed by atoms with Gasteiger partial charge in [0, 0.05) is 70.3 Å². The van der Waals surface area contributed by atoms with Gasteiger partial charge < -0.3 is 110 Å². The summed E-state index contributed by atoms with van der Waals surface area (Å²) in [4.78, 5) is 56.5. The number of guanidine groups is 1. The second-order valence-electron chi connectivity index (χ2n) is 18.0. The largest absolute Gasteiger partial charge is 0.508 e. The number of aromatic carboxylic acids is 3. The third kappa shape index (κ3) is 43.3. The summed E-state index contributed by atoms with van der Waals surface area (Å²) in [6, 6.07) is 10.8. The van der Waals surface area contributed by atoms with Crippen LogP contribution in [0.5, 0.6) is 23.0 Å². The molecule has 0 spiro atoms. The van der Waals surface area contributed by atoms with Crippen molar-refractivity contribution in [3.63, 3.8) is 0 Å². The molecule has 0 radical (unpaired) electrons. The van der Waals surface area contributed by atoms with Gasteiger partial charge in [-0.3, -0.25) is 19.9 Å². The number of aliphatic imine (C=N–C) groups is 3. The Bertz CT molecular complexity index is 2670. The van der Waals surface area contributed by atoms with Crippen LogP contribution in [0.25, 0.3) is 0 Å². The number of aliphatic hydroxyl groups is 6. The molecule has 1 amide bonds. The van der Waals surface area contributed by atoms with Gasteiger partial charge >= 0.3 is 57.6 Å². The number of β-amino-alcohol motifs (C(OH)–C–C–N with tert-alkyl or cyclic N) is 4. The molecule has 36 heteroatoms. The summed E-state index contributed by atoms with van der Waals surface area (Å²) in [5, 5.41) is 129. The first-order chi connectivity index (χ1) is 39.7. The van der Waals surface area contributed by atoms with Crippen LogP contribution in [0.15, 0.2) is 69.6 Å². The third-order valence-electron chi connectivity index (χ3n) is 9.45. The number of nitrogen functional groups attached to an aromatic ring is 1. The van der Waals surface area contributed by atoms with E-state index in [-0.39, 0.29) is 105 Å². The number of carboxylic acids is 3. The number of hydrogen-bond acceptors (Lipinski definition) is 27. The Balaban J connectivity index is -0.000000303. The van der Waals surface area contributed by atoms with E-state index in [1.54, 1.807) is 33.5 Å². The number of phenolic OH excluding ortho intramolecular Hbond substituents is 4. The SMILES string of the molecule is C.CC1=NCC(O)CN1.CC1=NCC(O)CN1C(=O)OC(C)(C)C.Cl.NCC(O)CN.Nc1cc(O)cc(C(=O)O)c1.O=BC#CO.O=C(O)c1cc(O)cc(NC2=NCC(O)CN2)c1.O=C(O)c1cc(O)cc(O)c1.OC1CNC(=S)NC1.S=[C+]S.[2HH]. The number of nitrogens with one attached hydrogen (secondary N) is 5. The number of aromatic hydroxyl groups is 4. The van der Waals surface area contributed by atoms with Crippen LogP contribution in [-0.4, -0.2) is 231 Å². The van der Waals surface area contributed by atoms with Crippen molar-refractivity contribution in [1.82, 2.24) is 26.2 Å². The summed E-state index contributed by atoms with van der Waals surface area (Å²) in [7, 11) is 0.319. The summed E-state index contributed by atoms with van der Waals surface area (Å²) < 4.78 is 16.3. The van der Waals surface area contributed by atoms with Crippen LogP contribution in [0.1, 0.15) is 74.5 Å². The van der Waals surface area contributed by atoms with E-state index in [9.17, 15) is 34.5 Å². The number of benzene rings is 3. The van der Waals surface area contributed by atoms with Crippen molar-refractivity contribution < 1.29 is 96.4 Å². The number of amides is 1. The molecule has 87 heavy (non-hydrogen) atoms. The number of nitrogens with two attached hydrogens (primary N) is 3. The van der Waals surface area contributed by atoms with Crippen LogP contribution in [-0.2, 0) is 9.44 Å². The number of nitrogens with zero attached hydrogens (tertiary/aromatic N) is 4. The number of anilines is 2. The van der Waals surface area contributed by atoms with E-state index in [4.69, 9.17) is 89.9 Å². The maximum absolute atomic E-state index is 11.7. The fourth-order valence-electron chi connectivity index (χ4n) is 5.59. The second kappa shape index (κ2) is 47.2. The summed E-state index contributed by atoms with van der Waals surface area (Å²) in [5.74, 6) is -0.528. The molecule has 31 nitrogen and oxygen atoms in total. The van der Waals surface area contributed by atoms with Gasteiger partial charge in [-0.25, -0.2) is 19.2 Å². The summed E-state index contributed by atoms with van der Waals surface area (Å²) in [6.45, 7) is 13.2. The number of aliphatic hydroxyl groups excluding tert-OH is 6. The molecule has 24 N–H and O–H groups in total. The van der Waals surface area contributed by atoms with E-state index >= 15 is 0 Å². The molecule has 3 atom stereocenters. The average molecular weight is 1310 g/mol. The van der Waals surface area contributed by atoms with E-state index < -0.39 is 47.9 Å². The number of hydrogen-bond donors (Lipinski definition) is 22. The molecular formula is C51H81BClN12O19S3+. The maximum Gasteiger partial charge on any atom is 0.401 e. The van der Waals surface area contributed by atoms with E-state index in [0.29, 0.717) is 69.0 Å². The van der Waals surface area contributed by atoms with Crippen molar-refractivity contribution >= 4 is 119 Å². The van der Waals surface area contributed by atoms with Crippen LogP contribution in [0.2, 0.25) is 0 Å². The summed E-state index contributed by atoms with van der Waals surface area (Å²) in [5.41, 5.74) is 15.1. The molecule has 4 aliphatic heterocycles. The predicted molar refractivity (Wildman–Crippen MR) is 343 cm³/mol. The Morgan fingerprint density at radius 2 is 1.18 bits per heavy atom. The van der Waals surface area contributed by atoms with Gasteiger partial charge in [-0.1, -0.05) is 7.43 Å². The first-order valence-corrected chi connectivity index (χ1v) is 25.9. The number of thiocarbonyl (C=S) groups is 2. The number of halogens is 1. The Kier molecular flexibility index (Phi) is 46.4. The quantitative estimate of drug-likeness (QED) is 0.0390. The number of rotatable bonds is 6. The van der Waals surface area contributed by atoms with E-state index in [1.165, 1.54) is 35.3 Å². The molecule has 3 aromatic carbocycles. The molecule has 0 aromatic heterocycles. The van der Waals surface area contributed by atoms with Crippen LogP contribution in [0.3, 0.4) is 0 Å². The molecule has 1 fully saturated rings. The van der Waals surface area contributed by atoms with Gasteiger partial charge in [-0.05, 0) is 83.2 Å². The second-order valence-corrected chi connectivity index (χ2v) is 19.2. The number of amidine groups is 2. The topological polar surface area (TPSA) is 536 Å². The molecule has 0 bridgehead atoms. The first kappa shape index (κ1) is 85.5. The fourth-order valence-corrected chi connectivity index (χ4v) is 5.76. The van der Waals surface area contributed by atoms with Crippen LogP contribution < -0.4 is 43.8 Å². The van der Waals surface area contributed by atoms with Gasteiger partial charge in [0.05, 0.1) is 79.2 Å². The van der Waals surface area contributed by atoms with Gasteiger partial charge in [0.1, 0.15) is 34.4 Å². The minimum absolute atomic E-state index is 0. The van der Waals surface area contributed by atoms with Gasteiger partial charge in [0.2, 0.25) is 0 Å². The van der Waals surface area contributed by atoms with Crippen molar-refractivity contribution in [1.29, 1.82) is 0 Å². The van der Waals surface area contributed by atoms with E-state index in [1.807, 2.05) is 11.6 Å². The molecule has 4 aliphatic rings. The molecule has 0 saturated carbocycles. The molecule has 3 aromatic rings. The number of phenols is 4. The normalized spacial score (nSPS) is 15.7. The van der Waals surface area contributed by atoms with Gasteiger partial charge in [0.25, 0.3) is 12.2 Å². The molecule has 486 valence electrons. The van der Waals surface area contributed by atoms with Crippen LogP contribution in [0.4, 0.5) is 16.2 Å². The molecule has 1 saturated heterocycles. The predicted octanol–water partition coefficient (Wildman–Crippen LogP) is 0.147. The van der Waals surface area contributed by atoms with Crippen molar-refractivity contribution in [2.45, 2.75) is 78.2 Å². The zero-order chi connectivity index (χ0) is 65.4. The Morgan fingerprint density at radius 3 is 1.54 bits per heavy atom. The smallest absolute Gasteiger partial charge is 0.401 e. The van der Waals surface area contributed by atoms with E-state index in [0.717, 1.165) is 36.2 Å². The average Bonchev–Trinajstić information content (AvgIpc) is 3.45. The number of carboxylic acid groups (broad SMARTS) is 3. The number of carbonyl (C=O) groups is 4. The van der Waals surface area contributed by atoms with Crippen LogP contribution in [0, 0.1) is 11.9 Å². The zero-order valence-corrected chi connectivity index (χ0v) is 50.5. The Morgan fingerprint density at radius 1 is 0.759 bits per heavy atom. The number of thiol groups is 1. The first-order valence-electron chi connectivity index (χ1n) is 24.6. The molecule has 7 rings (SSSR count). The minimum atomic E-state index is -1.18. The molecule has 0 aliphatic carbocycles. The minimum Gasteiger partial charge on any atom is -0.508 e. The fraction of sp³-hybridized carbons (Fsp3) is 0.431. The maximum atomic E-state index is 11.7.